The molecule has 3 heterocycles. The summed E-state index contributed by atoms with van der Waals surface area (Å²) in [6.07, 6.45) is 2.47. The van der Waals surface area contributed by atoms with Crippen LogP contribution in [0.4, 0.5) is 5.95 Å². The van der Waals surface area contributed by atoms with Crippen molar-refractivity contribution in [3.8, 4) is 16.9 Å². The monoisotopic (exact) mass is 362 g/mol. The van der Waals surface area contributed by atoms with E-state index in [4.69, 9.17) is 0 Å². The molecule has 0 bridgehead atoms. The third-order valence-corrected chi connectivity index (χ3v) is 4.93. The van der Waals surface area contributed by atoms with Gasteiger partial charge in [-0.25, -0.2) is 14.6 Å². The standard InChI is InChI=1S/C20H22N6O/c1-13-18(14(2)26(24-13)15-7-5-4-6-8-15)16-9-11-21-20(22-16)23-17-10-12-25(3)19(17)27/h4-9,11,17H,10,12H2,1-3H3,(H,21,22,23). The van der Waals surface area contributed by atoms with Crippen molar-refractivity contribution in [2.24, 2.45) is 0 Å². The second-order valence-electron chi connectivity index (χ2n) is 6.80. The van der Waals surface area contributed by atoms with Crippen molar-refractivity contribution in [1.82, 2.24) is 24.6 Å². The van der Waals surface area contributed by atoms with Crippen LogP contribution < -0.4 is 5.32 Å². The first-order chi connectivity index (χ1) is 13.0. The smallest absolute Gasteiger partial charge is 0.244 e. The van der Waals surface area contributed by atoms with Gasteiger partial charge in [0, 0.05) is 25.4 Å². The molecule has 0 saturated carbocycles. The summed E-state index contributed by atoms with van der Waals surface area (Å²) in [5, 5.41) is 7.85. The van der Waals surface area contributed by atoms with E-state index in [0.717, 1.165) is 41.3 Å². The van der Waals surface area contributed by atoms with Gasteiger partial charge < -0.3 is 10.2 Å². The molecule has 1 amide bonds. The fourth-order valence-electron chi connectivity index (χ4n) is 3.51. The summed E-state index contributed by atoms with van der Waals surface area (Å²) in [5.74, 6) is 0.542. The van der Waals surface area contributed by atoms with Crippen LogP contribution >= 0.6 is 0 Å². The molecular weight excluding hydrogens is 340 g/mol. The van der Waals surface area contributed by atoms with Gasteiger partial charge in [0.25, 0.3) is 0 Å². The lowest BCUT2D eigenvalue weighted by molar-refractivity contribution is -0.127. The van der Waals surface area contributed by atoms with E-state index in [-0.39, 0.29) is 11.9 Å². The minimum Gasteiger partial charge on any atom is -0.344 e. The van der Waals surface area contributed by atoms with E-state index in [1.807, 2.05) is 62.0 Å². The highest BCUT2D eigenvalue weighted by molar-refractivity contribution is 5.86. The van der Waals surface area contributed by atoms with Crippen molar-refractivity contribution in [3.63, 3.8) is 0 Å². The Bertz CT molecular complexity index is 981. The first kappa shape index (κ1) is 17.2. The van der Waals surface area contributed by atoms with Crippen molar-refractivity contribution in [3.05, 3.63) is 54.0 Å². The third kappa shape index (κ3) is 3.16. The number of rotatable bonds is 4. The van der Waals surface area contributed by atoms with E-state index < -0.39 is 0 Å². The molecule has 7 heteroatoms. The number of nitrogens with zero attached hydrogens (tertiary/aromatic N) is 5. The van der Waals surface area contributed by atoms with E-state index in [2.05, 4.69) is 20.4 Å². The first-order valence-corrected chi connectivity index (χ1v) is 9.01. The number of carbonyl (C=O) groups excluding carboxylic acids is 1. The molecule has 1 N–H and O–H groups in total. The Balaban J connectivity index is 1.67. The van der Waals surface area contributed by atoms with Crippen LogP contribution in [0.2, 0.25) is 0 Å². The molecule has 1 unspecified atom stereocenters. The van der Waals surface area contributed by atoms with Crippen molar-refractivity contribution in [2.45, 2.75) is 26.3 Å². The fourth-order valence-corrected chi connectivity index (χ4v) is 3.51. The number of nitrogens with one attached hydrogen (secondary N) is 1. The largest absolute Gasteiger partial charge is 0.344 e. The molecule has 1 aliphatic heterocycles. The summed E-state index contributed by atoms with van der Waals surface area (Å²) in [4.78, 5) is 22.8. The first-order valence-electron chi connectivity index (χ1n) is 9.01. The van der Waals surface area contributed by atoms with Gasteiger partial charge in [0.2, 0.25) is 11.9 Å². The minimum atomic E-state index is -0.264. The van der Waals surface area contributed by atoms with Gasteiger partial charge in [-0.1, -0.05) is 18.2 Å². The molecule has 7 nitrogen and oxygen atoms in total. The van der Waals surface area contributed by atoms with E-state index in [9.17, 15) is 4.79 Å². The molecule has 138 valence electrons. The molecule has 1 saturated heterocycles. The number of aryl methyl sites for hydroxylation is 1. The number of likely N-dealkylation sites (N-methyl/N-ethyl adjacent to an activating group) is 1. The molecule has 1 aliphatic rings. The summed E-state index contributed by atoms with van der Waals surface area (Å²) in [5.41, 5.74) is 4.71. The Morgan fingerprint density at radius 3 is 2.63 bits per heavy atom. The Labute approximate surface area is 158 Å². The minimum absolute atomic E-state index is 0.0771. The summed E-state index contributed by atoms with van der Waals surface area (Å²) < 4.78 is 1.93. The molecular formula is C20H22N6O. The van der Waals surface area contributed by atoms with Gasteiger partial charge in [-0.15, -0.1) is 0 Å². The molecule has 1 aromatic carbocycles. The van der Waals surface area contributed by atoms with E-state index in [1.54, 1.807) is 11.1 Å². The summed E-state index contributed by atoms with van der Waals surface area (Å²) in [6, 6.07) is 11.6. The number of benzene rings is 1. The van der Waals surface area contributed by atoms with Crippen LogP contribution in [0.3, 0.4) is 0 Å². The molecule has 1 fully saturated rings. The van der Waals surface area contributed by atoms with Crippen molar-refractivity contribution in [1.29, 1.82) is 0 Å². The fraction of sp³-hybridized carbons (Fsp3) is 0.300. The Morgan fingerprint density at radius 2 is 1.93 bits per heavy atom. The van der Waals surface area contributed by atoms with Gasteiger partial charge in [-0.2, -0.15) is 5.10 Å². The van der Waals surface area contributed by atoms with E-state index >= 15 is 0 Å². The zero-order chi connectivity index (χ0) is 19.0. The lowest BCUT2D eigenvalue weighted by Gasteiger charge is -2.12. The lowest BCUT2D eigenvalue weighted by atomic mass is 10.1. The number of anilines is 1. The number of aromatic nitrogens is 4. The van der Waals surface area contributed by atoms with Crippen LogP contribution in [0.25, 0.3) is 16.9 Å². The van der Waals surface area contributed by atoms with Crippen LogP contribution in [0, 0.1) is 13.8 Å². The molecule has 4 rings (SSSR count). The highest BCUT2D eigenvalue weighted by Gasteiger charge is 2.29. The molecule has 0 spiro atoms. The molecule has 2 aromatic heterocycles. The molecule has 0 radical (unpaired) electrons. The number of amides is 1. The number of hydrogen-bond acceptors (Lipinski definition) is 5. The normalized spacial score (nSPS) is 16.8. The van der Waals surface area contributed by atoms with Crippen LogP contribution in [0.15, 0.2) is 42.6 Å². The molecule has 0 aliphatic carbocycles. The number of likely N-dealkylation sites (tertiary alicyclic amines) is 1. The molecule has 3 aromatic rings. The van der Waals surface area contributed by atoms with Gasteiger partial charge in [0.15, 0.2) is 0 Å². The van der Waals surface area contributed by atoms with Gasteiger partial charge >= 0.3 is 0 Å². The highest BCUT2D eigenvalue weighted by atomic mass is 16.2. The van der Waals surface area contributed by atoms with Gasteiger partial charge in [-0.3, -0.25) is 4.79 Å². The quantitative estimate of drug-likeness (QED) is 0.772. The maximum Gasteiger partial charge on any atom is 0.244 e. The van der Waals surface area contributed by atoms with Gasteiger partial charge in [-0.05, 0) is 38.5 Å². The van der Waals surface area contributed by atoms with Crippen LogP contribution in [0.5, 0.6) is 0 Å². The van der Waals surface area contributed by atoms with Crippen molar-refractivity contribution >= 4 is 11.9 Å². The Morgan fingerprint density at radius 1 is 1.15 bits per heavy atom. The van der Waals surface area contributed by atoms with Crippen LogP contribution in [-0.4, -0.2) is 50.2 Å². The second kappa shape index (κ2) is 6.83. The summed E-state index contributed by atoms with van der Waals surface area (Å²) in [6.45, 7) is 4.76. The van der Waals surface area contributed by atoms with Gasteiger partial charge in [0.1, 0.15) is 6.04 Å². The van der Waals surface area contributed by atoms with E-state index in [1.165, 1.54) is 0 Å². The summed E-state index contributed by atoms with van der Waals surface area (Å²) in [7, 11) is 1.81. The third-order valence-electron chi connectivity index (χ3n) is 4.93. The number of carbonyl (C=O) groups is 1. The topological polar surface area (TPSA) is 75.9 Å². The predicted octanol–water partition coefficient (Wildman–Crippen LogP) is 2.59. The average Bonchev–Trinajstić information content (AvgIpc) is 3.15. The Kier molecular flexibility index (Phi) is 4.35. The lowest BCUT2D eigenvalue weighted by Crippen LogP contribution is -2.31. The SMILES string of the molecule is Cc1nn(-c2ccccc2)c(C)c1-c1ccnc(NC2CCN(C)C2=O)n1. The van der Waals surface area contributed by atoms with E-state index in [0.29, 0.717) is 5.95 Å². The van der Waals surface area contributed by atoms with Crippen molar-refractivity contribution < 1.29 is 4.79 Å². The van der Waals surface area contributed by atoms with Crippen LogP contribution in [-0.2, 0) is 4.79 Å². The Hall–Kier alpha value is -3.22. The molecule has 1 atom stereocenters. The van der Waals surface area contributed by atoms with Gasteiger partial charge in [0.05, 0.1) is 22.8 Å². The maximum absolute atomic E-state index is 12.1. The zero-order valence-corrected chi connectivity index (χ0v) is 15.7. The zero-order valence-electron chi connectivity index (χ0n) is 15.7. The highest BCUT2D eigenvalue weighted by Crippen LogP contribution is 2.28. The molecule has 27 heavy (non-hydrogen) atoms. The predicted molar refractivity (Wildman–Crippen MR) is 104 cm³/mol. The van der Waals surface area contributed by atoms with Crippen LogP contribution in [0.1, 0.15) is 17.8 Å². The average molecular weight is 362 g/mol. The summed E-state index contributed by atoms with van der Waals surface area (Å²) >= 11 is 0. The maximum atomic E-state index is 12.1. The number of hydrogen-bond donors (Lipinski definition) is 1. The second-order valence-corrected chi connectivity index (χ2v) is 6.80. The number of para-hydroxylation sites is 1. The van der Waals surface area contributed by atoms with Crippen molar-refractivity contribution in [2.75, 3.05) is 18.9 Å².